The van der Waals surface area contributed by atoms with E-state index in [0.29, 0.717) is 22.4 Å². The van der Waals surface area contributed by atoms with Crippen molar-refractivity contribution in [2.75, 3.05) is 14.2 Å². The van der Waals surface area contributed by atoms with Crippen LogP contribution in [0.4, 0.5) is 13.2 Å². The Balaban J connectivity index is 2.71. The highest BCUT2D eigenvalue weighted by Crippen LogP contribution is 2.35. The first-order valence-electron chi connectivity index (χ1n) is 4.37. The normalized spacial score (nSPS) is 13.6. The van der Waals surface area contributed by atoms with Crippen LogP contribution in [0.15, 0.2) is 29.2 Å². The zero-order chi connectivity index (χ0) is 12.2. The van der Waals surface area contributed by atoms with E-state index in [-0.39, 0.29) is 0 Å². The molecule has 0 radical (unpaired) electrons. The summed E-state index contributed by atoms with van der Waals surface area (Å²) in [6.45, 7) is 0. The molecule has 0 bridgehead atoms. The minimum atomic E-state index is -4.38. The van der Waals surface area contributed by atoms with Crippen molar-refractivity contribution in [2.45, 2.75) is 16.5 Å². The van der Waals surface area contributed by atoms with Gasteiger partial charge in [0.1, 0.15) is 5.75 Å². The fourth-order valence-corrected chi connectivity index (χ4v) is 1.80. The molecule has 0 saturated carbocycles. The summed E-state index contributed by atoms with van der Waals surface area (Å²) in [7, 11) is 2.53. The number of methoxy groups -OCH3 is 2. The van der Waals surface area contributed by atoms with E-state index in [1.165, 1.54) is 7.11 Å². The molecule has 0 aliphatic carbocycles. The average molecular weight is 252 g/mol. The fourth-order valence-electron chi connectivity index (χ4n) is 1.03. The van der Waals surface area contributed by atoms with Gasteiger partial charge in [-0.3, -0.25) is 0 Å². The van der Waals surface area contributed by atoms with E-state index in [0.717, 1.165) is 7.11 Å². The second-order valence-electron chi connectivity index (χ2n) is 2.90. The SMILES string of the molecule is COc1ccc(SC(OC)C(F)(F)F)cc1. The van der Waals surface area contributed by atoms with Crippen LogP contribution in [-0.2, 0) is 4.74 Å². The van der Waals surface area contributed by atoms with Gasteiger partial charge in [-0.2, -0.15) is 13.2 Å². The van der Waals surface area contributed by atoms with Crippen LogP contribution < -0.4 is 4.74 Å². The molecular formula is C10H11F3O2S. The van der Waals surface area contributed by atoms with Crippen molar-refractivity contribution in [1.29, 1.82) is 0 Å². The summed E-state index contributed by atoms with van der Waals surface area (Å²) in [6, 6.07) is 6.32. The van der Waals surface area contributed by atoms with E-state index in [4.69, 9.17) is 4.74 Å². The Bertz CT molecular complexity index is 324. The number of halogens is 3. The maximum absolute atomic E-state index is 12.4. The fraction of sp³-hybridized carbons (Fsp3) is 0.400. The third-order valence-corrected chi connectivity index (χ3v) is 3.00. The molecule has 1 unspecified atom stereocenters. The number of benzene rings is 1. The van der Waals surface area contributed by atoms with Crippen molar-refractivity contribution >= 4 is 11.8 Å². The van der Waals surface area contributed by atoms with Crippen LogP contribution in [0.1, 0.15) is 0 Å². The van der Waals surface area contributed by atoms with Crippen molar-refractivity contribution in [1.82, 2.24) is 0 Å². The molecule has 6 heteroatoms. The molecule has 0 amide bonds. The third-order valence-electron chi connectivity index (χ3n) is 1.78. The topological polar surface area (TPSA) is 18.5 Å². The lowest BCUT2D eigenvalue weighted by Crippen LogP contribution is -2.27. The molecular weight excluding hydrogens is 241 g/mol. The predicted octanol–water partition coefficient (Wildman–Crippen LogP) is 3.32. The number of hydrogen-bond donors (Lipinski definition) is 0. The van der Waals surface area contributed by atoms with Crippen molar-refractivity contribution in [3.8, 4) is 5.75 Å². The van der Waals surface area contributed by atoms with Gasteiger partial charge in [0.15, 0.2) is 0 Å². The first kappa shape index (κ1) is 13.2. The van der Waals surface area contributed by atoms with Crippen LogP contribution in [0.25, 0.3) is 0 Å². The zero-order valence-corrected chi connectivity index (χ0v) is 9.56. The Kier molecular flexibility index (Phi) is 4.49. The smallest absolute Gasteiger partial charge is 0.424 e. The summed E-state index contributed by atoms with van der Waals surface area (Å²) in [5.74, 6) is 0.602. The van der Waals surface area contributed by atoms with E-state index in [2.05, 4.69) is 4.74 Å². The molecule has 0 aliphatic heterocycles. The van der Waals surface area contributed by atoms with E-state index >= 15 is 0 Å². The Morgan fingerprint density at radius 1 is 1.12 bits per heavy atom. The molecule has 0 fully saturated rings. The van der Waals surface area contributed by atoms with Crippen molar-refractivity contribution < 1.29 is 22.6 Å². The molecule has 2 nitrogen and oxygen atoms in total. The highest BCUT2D eigenvalue weighted by Gasteiger charge is 2.40. The Morgan fingerprint density at radius 3 is 2.06 bits per heavy atom. The van der Waals surface area contributed by atoms with Crippen LogP contribution >= 0.6 is 11.8 Å². The number of alkyl halides is 3. The van der Waals surface area contributed by atoms with Gasteiger partial charge in [-0.25, -0.2) is 0 Å². The number of hydrogen-bond acceptors (Lipinski definition) is 3. The number of rotatable bonds is 4. The lowest BCUT2D eigenvalue weighted by atomic mass is 10.3. The summed E-state index contributed by atoms with van der Waals surface area (Å²) in [4.78, 5) is 0.477. The van der Waals surface area contributed by atoms with Crippen LogP contribution in [-0.4, -0.2) is 25.8 Å². The number of thioether (sulfide) groups is 1. The molecule has 0 saturated heterocycles. The maximum atomic E-state index is 12.4. The highest BCUT2D eigenvalue weighted by molar-refractivity contribution is 7.99. The van der Waals surface area contributed by atoms with Crippen LogP contribution in [0.3, 0.4) is 0 Å². The molecule has 1 atom stereocenters. The average Bonchev–Trinajstić information content (AvgIpc) is 2.25. The molecule has 0 aromatic heterocycles. The lowest BCUT2D eigenvalue weighted by Gasteiger charge is -2.17. The van der Waals surface area contributed by atoms with Crippen molar-refractivity contribution in [2.24, 2.45) is 0 Å². The largest absolute Gasteiger partial charge is 0.497 e. The number of ether oxygens (including phenoxy) is 2. The molecule has 0 spiro atoms. The first-order valence-corrected chi connectivity index (χ1v) is 5.25. The second-order valence-corrected chi connectivity index (χ2v) is 4.04. The molecule has 16 heavy (non-hydrogen) atoms. The van der Waals surface area contributed by atoms with E-state index in [9.17, 15) is 13.2 Å². The van der Waals surface area contributed by atoms with Gasteiger partial charge < -0.3 is 9.47 Å². The molecule has 0 heterocycles. The van der Waals surface area contributed by atoms with Gasteiger partial charge in [-0.15, -0.1) is 0 Å². The zero-order valence-electron chi connectivity index (χ0n) is 8.75. The van der Waals surface area contributed by atoms with Crippen LogP contribution in [0.5, 0.6) is 5.75 Å². The van der Waals surface area contributed by atoms with Gasteiger partial charge >= 0.3 is 6.18 Å². The lowest BCUT2D eigenvalue weighted by molar-refractivity contribution is -0.181. The summed E-state index contributed by atoms with van der Waals surface area (Å²) >= 11 is 0.612. The molecule has 1 aromatic carbocycles. The Labute approximate surface area is 95.7 Å². The van der Waals surface area contributed by atoms with Gasteiger partial charge in [-0.05, 0) is 24.3 Å². The predicted molar refractivity (Wildman–Crippen MR) is 55.7 cm³/mol. The van der Waals surface area contributed by atoms with Gasteiger partial charge in [0.2, 0.25) is 5.44 Å². The third kappa shape index (κ3) is 3.61. The Hall–Kier alpha value is -0.880. The van der Waals surface area contributed by atoms with E-state index < -0.39 is 11.6 Å². The molecule has 0 aliphatic rings. The molecule has 90 valence electrons. The summed E-state index contributed by atoms with van der Waals surface area (Å²) in [6.07, 6.45) is -4.38. The van der Waals surface area contributed by atoms with Gasteiger partial charge in [0.05, 0.1) is 7.11 Å². The summed E-state index contributed by atoms with van der Waals surface area (Å²) < 4.78 is 46.4. The Morgan fingerprint density at radius 2 is 1.69 bits per heavy atom. The highest BCUT2D eigenvalue weighted by atomic mass is 32.2. The van der Waals surface area contributed by atoms with Crippen molar-refractivity contribution in [3.05, 3.63) is 24.3 Å². The summed E-state index contributed by atoms with van der Waals surface area (Å²) in [5, 5.41) is 0. The second kappa shape index (κ2) is 5.45. The van der Waals surface area contributed by atoms with E-state index in [1.807, 2.05) is 0 Å². The molecule has 1 rings (SSSR count). The first-order chi connectivity index (χ1) is 7.47. The van der Waals surface area contributed by atoms with E-state index in [1.54, 1.807) is 24.3 Å². The maximum Gasteiger partial charge on any atom is 0.424 e. The monoisotopic (exact) mass is 252 g/mol. The standard InChI is InChI=1S/C10H11F3O2S/c1-14-7-3-5-8(6-4-7)16-9(15-2)10(11,12)13/h3-6,9H,1-2H3. The molecule has 1 aromatic rings. The van der Waals surface area contributed by atoms with Gasteiger partial charge in [0, 0.05) is 12.0 Å². The summed E-state index contributed by atoms with van der Waals surface area (Å²) in [5.41, 5.74) is -1.85. The minimum Gasteiger partial charge on any atom is -0.497 e. The van der Waals surface area contributed by atoms with Gasteiger partial charge in [-0.1, -0.05) is 11.8 Å². The quantitative estimate of drug-likeness (QED) is 0.605. The van der Waals surface area contributed by atoms with Gasteiger partial charge in [0.25, 0.3) is 0 Å². The van der Waals surface area contributed by atoms with Crippen LogP contribution in [0, 0.1) is 0 Å². The minimum absolute atomic E-state index is 0.477. The van der Waals surface area contributed by atoms with Crippen LogP contribution in [0.2, 0.25) is 0 Å². The molecule has 0 N–H and O–H groups in total. The van der Waals surface area contributed by atoms with Crippen molar-refractivity contribution in [3.63, 3.8) is 0 Å².